The summed E-state index contributed by atoms with van der Waals surface area (Å²) in [4.78, 5) is 0. The van der Waals surface area contributed by atoms with Crippen LogP contribution >= 0.6 is 11.8 Å². The van der Waals surface area contributed by atoms with Crippen molar-refractivity contribution in [3.05, 3.63) is 5.69 Å². The molecular formula is C7H11F3N4S. The van der Waals surface area contributed by atoms with E-state index in [0.717, 1.165) is 0 Å². The number of aryl methyl sites for hydroxylation is 1. The van der Waals surface area contributed by atoms with E-state index in [1.54, 1.807) is 0 Å². The third kappa shape index (κ3) is 3.61. The van der Waals surface area contributed by atoms with Gasteiger partial charge in [-0.25, -0.2) is 4.68 Å². The number of thioether (sulfide) groups is 1. The van der Waals surface area contributed by atoms with Crippen molar-refractivity contribution in [2.24, 2.45) is 0 Å². The van der Waals surface area contributed by atoms with Gasteiger partial charge in [-0.3, -0.25) is 0 Å². The van der Waals surface area contributed by atoms with E-state index >= 15 is 0 Å². The van der Waals surface area contributed by atoms with Gasteiger partial charge < -0.3 is 5.73 Å². The molecule has 0 fully saturated rings. The van der Waals surface area contributed by atoms with E-state index in [1.165, 1.54) is 4.68 Å². The predicted octanol–water partition coefficient (Wildman–Crippen LogP) is 1.68. The Bertz CT molecular complexity index is 323. The van der Waals surface area contributed by atoms with Crippen LogP contribution in [0.1, 0.15) is 12.6 Å². The van der Waals surface area contributed by atoms with Gasteiger partial charge in [0, 0.05) is 5.75 Å². The number of anilines is 1. The Kier molecular flexibility index (Phi) is 3.83. The largest absolute Gasteiger partial charge is 0.441 e. The fourth-order valence-electron chi connectivity index (χ4n) is 1.14. The summed E-state index contributed by atoms with van der Waals surface area (Å²) in [6.45, 7) is 2.01. The van der Waals surface area contributed by atoms with E-state index in [4.69, 9.17) is 5.73 Å². The first kappa shape index (κ1) is 12.2. The van der Waals surface area contributed by atoms with Crippen LogP contribution in [0.15, 0.2) is 0 Å². The topological polar surface area (TPSA) is 56.7 Å². The molecule has 0 saturated heterocycles. The molecule has 1 rings (SSSR count). The second-order valence-electron chi connectivity index (χ2n) is 2.79. The van der Waals surface area contributed by atoms with Crippen LogP contribution in [0.4, 0.5) is 19.0 Å². The molecule has 1 heterocycles. The molecule has 0 aliphatic carbocycles. The van der Waals surface area contributed by atoms with Crippen LogP contribution in [0.5, 0.6) is 0 Å². The molecule has 0 aromatic carbocycles. The Labute approximate surface area is 89.0 Å². The van der Waals surface area contributed by atoms with E-state index in [9.17, 15) is 13.2 Å². The third-order valence-electron chi connectivity index (χ3n) is 1.77. The zero-order valence-corrected chi connectivity index (χ0v) is 8.90. The standard InChI is InChI=1S/C7H11F3N4S/c1-2-5-6(11)12-13-14(5)3-4-15-7(8,9)10/h2-4,11H2,1H3. The van der Waals surface area contributed by atoms with Crippen molar-refractivity contribution in [3.63, 3.8) is 0 Å². The SMILES string of the molecule is CCc1c(N)nnn1CCSC(F)(F)F. The molecule has 1 aromatic heterocycles. The highest BCUT2D eigenvalue weighted by molar-refractivity contribution is 8.00. The Morgan fingerprint density at radius 3 is 2.67 bits per heavy atom. The summed E-state index contributed by atoms with van der Waals surface area (Å²) in [6.07, 6.45) is 0.607. The fraction of sp³-hybridized carbons (Fsp3) is 0.714. The van der Waals surface area contributed by atoms with Crippen LogP contribution in [0, 0.1) is 0 Å². The molecule has 0 spiro atoms. The average molecular weight is 240 g/mol. The molecule has 1 aromatic rings. The Morgan fingerprint density at radius 1 is 1.47 bits per heavy atom. The van der Waals surface area contributed by atoms with E-state index < -0.39 is 5.51 Å². The van der Waals surface area contributed by atoms with Crippen molar-refractivity contribution < 1.29 is 13.2 Å². The summed E-state index contributed by atoms with van der Waals surface area (Å²) in [5.74, 6) is 0.203. The Balaban J connectivity index is 2.51. The van der Waals surface area contributed by atoms with Crippen LogP contribution < -0.4 is 5.73 Å². The first-order valence-electron chi connectivity index (χ1n) is 4.32. The summed E-state index contributed by atoms with van der Waals surface area (Å²) in [7, 11) is 0. The predicted molar refractivity (Wildman–Crippen MR) is 52.3 cm³/mol. The highest BCUT2D eigenvalue weighted by atomic mass is 32.2. The molecular weight excluding hydrogens is 229 g/mol. The minimum absolute atomic E-state index is 0.0726. The second-order valence-corrected chi connectivity index (χ2v) is 3.95. The fourth-order valence-corrected chi connectivity index (χ4v) is 1.63. The molecule has 0 aliphatic rings. The maximum atomic E-state index is 11.8. The van der Waals surface area contributed by atoms with Crippen molar-refractivity contribution in [1.82, 2.24) is 15.0 Å². The zero-order chi connectivity index (χ0) is 11.5. The highest BCUT2D eigenvalue weighted by Gasteiger charge is 2.27. The third-order valence-corrected chi connectivity index (χ3v) is 2.49. The maximum absolute atomic E-state index is 11.8. The average Bonchev–Trinajstić information content (AvgIpc) is 2.44. The molecule has 4 nitrogen and oxygen atoms in total. The number of nitrogens with two attached hydrogens (primary N) is 1. The van der Waals surface area contributed by atoms with Crippen LogP contribution in [-0.4, -0.2) is 26.3 Å². The minimum Gasteiger partial charge on any atom is -0.381 e. The quantitative estimate of drug-likeness (QED) is 0.869. The lowest BCUT2D eigenvalue weighted by molar-refractivity contribution is -0.0328. The van der Waals surface area contributed by atoms with Crippen molar-refractivity contribution in [2.45, 2.75) is 25.4 Å². The van der Waals surface area contributed by atoms with Crippen molar-refractivity contribution in [2.75, 3.05) is 11.5 Å². The van der Waals surface area contributed by atoms with Gasteiger partial charge in [-0.1, -0.05) is 12.1 Å². The highest BCUT2D eigenvalue weighted by Crippen LogP contribution is 2.30. The summed E-state index contributed by atoms with van der Waals surface area (Å²) in [5, 5.41) is 7.27. The number of rotatable bonds is 4. The number of nitrogens with zero attached hydrogens (tertiary/aromatic N) is 3. The van der Waals surface area contributed by atoms with E-state index in [-0.39, 0.29) is 29.9 Å². The van der Waals surface area contributed by atoms with Gasteiger partial charge in [0.2, 0.25) is 0 Å². The number of nitrogen functional groups attached to an aromatic ring is 1. The van der Waals surface area contributed by atoms with E-state index in [2.05, 4.69) is 10.3 Å². The lowest BCUT2D eigenvalue weighted by atomic mass is 10.3. The first-order valence-corrected chi connectivity index (χ1v) is 5.31. The second kappa shape index (κ2) is 4.73. The van der Waals surface area contributed by atoms with Crippen LogP contribution in [-0.2, 0) is 13.0 Å². The minimum atomic E-state index is -4.20. The molecule has 2 N–H and O–H groups in total. The summed E-state index contributed by atoms with van der Waals surface area (Å²) >= 11 is -0.0726. The van der Waals surface area contributed by atoms with Gasteiger partial charge >= 0.3 is 5.51 Å². The van der Waals surface area contributed by atoms with Crippen molar-refractivity contribution in [1.29, 1.82) is 0 Å². The van der Waals surface area contributed by atoms with E-state index in [1.807, 2.05) is 6.92 Å². The monoisotopic (exact) mass is 240 g/mol. The van der Waals surface area contributed by atoms with E-state index in [0.29, 0.717) is 12.1 Å². The van der Waals surface area contributed by atoms with Gasteiger partial charge in [0.05, 0.1) is 12.2 Å². The molecule has 15 heavy (non-hydrogen) atoms. The smallest absolute Gasteiger partial charge is 0.381 e. The molecule has 86 valence electrons. The van der Waals surface area contributed by atoms with Gasteiger partial charge in [-0.2, -0.15) is 13.2 Å². The van der Waals surface area contributed by atoms with Gasteiger partial charge in [0.1, 0.15) is 0 Å². The Morgan fingerprint density at radius 2 is 2.13 bits per heavy atom. The molecule has 0 radical (unpaired) electrons. The zero-order valence-electron chi connectivity index (χ0n) is 8.08. The van der Waals surface area contributed by atoms with Gasteiger partial charge in [-0.05, 0) is 18.2 Å². The van der Waals surface area contributed by atoms with Crippen LogP contribution in [0.25, 0.3) is 0 Å². The normalized spacial score (nSPS) is 12.0. The van der Waals surface area contributed by atoms with Gasteiger partial charge in [0.25, 0.3) is 0 Å². The lowest BCUT2D eigenvalue weighted by Crippen LogP contribution is -2.10. The molecule has 0 aliphatic heterocycles. The number of hydrogen-bond donors (Lipinski definition) is 1. The molecule has 0 unspecified atom stereocenters. The number of halogens is 3. The first-order chi connectivity index (χ1) is 6.94. The number of hydrogen-bond acceptors (Lipinski definition) is 4. The van der Waals surface area contributed by atoms with Crippen LogP contribution in [0.2, 0.25) is 0 Å². The molecule has 8 heteroatoms. The molecule has 0 amide bonds. The van der Waals surface area contributed by atoms with Gasteiger partial charge in [0.15, 0.2) is 5.82 Å². The molecule has 0 saturated carbocycles. The van der Waals surface area contributed by atoms with Gasteiger partial charge in [-0.15, -0.1) is 5.10 Å². The summed E-state index contributed by atoms with van der Waals surface area (Å²) < 4.78 is 36.9. The van der Waals surface area contributed by atoms with Crippen LogP contribution in [0.3, 0.4) is 0 Å². The lowest BCUT2D eigenvalue weighted by Gasteiger charge is -2.06. The van der Waals surface area contributed by atoms with Crippen molar-refractivity contribution >= 4 is 17.6 Å². The maximum Gasteiger partial charge on any atom is 0.441 e. The Hall–Kier alpha value is -0.920. The van der Waals surface area contributed by atoms with Crippen molar-refractivity contribution in [3.8, 4) is 0 Å². The number of alkyl halides is 3. The summed E-state index contributed by atoms with van der Waals surface area (Å²) in [5.41, 5.74) is 1.97. The summed E-state index contributed by atoms with van der Waals surface area (Å²) in [6, 6.07) is 0. The molecule has 0 bridgehead atoms. The number of aromatic nitrogens is 3. The molecule has 0 atom stereocenters.